The molecule has 1 fully saturated rings. The van der Waals surface area contributed by atoms with Crippen LogP contribution in [-0.2, 0) is 11.2 Å². The van der Waals surface area contributed by atoms with Crippen LogP contribution < -0.4 is 5.32 Å². The number of amides is 2. The summed E-state index contributed by atoms with van der Waals surface area (Å²) in [5, 5.41) is 8.97. The summed E-state index contributed by atoms with van der Waals surface area (Å²) in [5.74, 6) is 2.14. The zero-order chi connectivity index (χ0) is 18.2. The Labute approximate surface area is 160 Å². The van der Waals surface area contributed by atoms with Gasteiger partial charge in [-0.25, -0.2) is 0 Å². The Morgan fingerprint density at radius 3 is 3.04 bits per heavy atom. The smallest absolute Gasteiger partial charge is 0.281 e. The number of hydrogen-bond acceptors (Lipinski definition) is 7. The summed E-state index contributed by atoms with van der Waals surface area (Å²) in [6, 6.07) is 3.94. The number of carbonyl (C=O) groups excluding carboxylic acids is 2. The second-order valence-corrected chi connectivity index (χ2v) is 7.99. The van der Waals surface area contributed by atoms with Crippen LogP contribution in [-0.4, -0.2) is 51.6 Å². The minimum Gasteiger partial charge on any atom is -0.356 e. The number of carbonyl (C=O) groups is 2. The van der Waals surface area contributed by atoms with E-state index in [0.717, 1.165) is 42.9 Å². The third kappa shape index (κ3) is 5.57. The van der Waals surface area contributed by atoms with Crippen molar-refractivity contribution in [2.75, 3.05) is 25.4 Å². The molecule has 0 aromatic carbocycles. The molecule has 0 bridgehead atoms. The van der Waals surface area contributed by atoms with Crippen LogP contribution in [0.15, 0.2) is 22.0 Å². The number of nitrogens with one attached hydrogen (secondary N) is 1. The summed E-state index contributed by atoms with van der Waals surface area (Å²) < 4.78 is 5.26. The number of unbranched alkanes of at least 4 members (excludes halogenated alkanes) is 2. The first-order chi connectivity index (χ1) is 12.7. The van der Waals surface area contributed by atoms with Crippen LogP contribution in [0, 0.1) is 0 Å². The second-order valence-electron chi connectivity index (χ2n) is 6.00. The highest BCUT2D eigenvalue weighted by Crippen LogP contribution is 2.21. The fourth-order valence-electron chi connectivity index (χ4n) is 2.62. The lowest BCUT2D eigenvalue weighted by Crippen LogP contribution is -2.31. The van der Waals surface area contributed by atoms with E-state index in [0.29, 0.717) is 31.2 Å². The average Bonchev–Trinajstić information content (AvgIpc) is 3.37. The van der Waals surface area contributed by atoms with Gasteiger partial charge in [-0.1, -0.05) is 29.4 Å². The van der Waals surface area contributed by atoms with E-state index >= 15 is 0 Å². The van der Waals surface area contributed by atoms with Crippen molar-refractivity contribution in [3.05, 3.63) is 23.4 Å². The molecule has 0 atom stereocenters. The maximum Gasteiger partial charge on any atom is 0.281 e. The fraction of sp³-hybridized carbons (Fsp3) is 0.529. The molecule has 2 aromatic rings. The van der Waals surface area contributed by atoms with Gasteiger partial charge < -0.3 is 14.7 Å². The van der Waals surface area contributed by atoms with Crippen LogP contribution in [0.4, 0.5) is 4.79 Å². The van der Waals surface area contributed by atoms with Crippen molar-refractivity contribution in [3.63, 3.8) is 0 Å². The van der Waals surface area contributed by atoms with Gasteiger partial charge in [0.15, 0.2) is 0 Å². The lowest BCUT2D eigenvalue weighted by molar-refractivity contribution is -0.121. The quantitative estimate of drug-likeness (QED) is 0.623. The van der Waals surface area contributed by atoms with Gasteiger partial charge in [-0.15, -0.1) is 11.3 Å². The van der Waals surface area contributed by atoms with Crippen LogP contribution >= 0.6 is 23.1 Å². The van der Waals surface area contributed by atoms with E-state index in [4.69, 9.17) is 4.52 Å². The maximum absolute atomic E-state index is 11.8. The zero-order valence-electron chi connectivity index (χ0n) is 14.5. The molecule has 0 radical (unpaired) electrons. The van der Waals surface area contributed by atoms with Gasteiger partial charge in [-0.05, 0) is 24.3 Å². The first kappa shape index (κ1) is 18.9. The van der Waals surface area contributed by atoms with Gasteiger partial charge in [0.2, 0.25) is 17.6 Å². The standard InChI is InChI=1S/C17H22N4O3S2/c22-14(7-9-21-10-12-26-17(21)23)18-8-3-1-2-6-15-19-16(20-24-15)13-5-4-11-25-13/h4-5,11H,1-3,6-10,12H2,(H,18,22). The number of thioether (sulfide) groups is 1. The summed E-state index contributed by atoms with van der Waals surface area (Å²) in [6.07, 6.45) is 3.97. The van der Waals surface area contributed by atoms with Gasteiger partial charge in [0.1, 0.15) is 0 Å². The Morgan fingerprint density at radius 1 is 1.35 bits per heavy atom. The van der Waals surface area contributed by atoms with Gasteiger partial charge in [0, 0.05) is 38.2 Å². The molecule has 2 aromatic heterocycles. The predicted molar refractivity (Wildman–Crippen MR) is 102 cm³/mol. The Kier molecular flexibility index (Phi) is 7.07. The van der Waals surface area contributed by atoms with Crippen molar-refractivity contribution < 1.29 is 14.1 Å². The molecule has 0 aliphatic carbocycles. The number of aryl methyl sites for hydroxylation is 1. The number of nitrogens with zero attached hydrogens (tertiary/aromatic N) is 3. The van der Waals surface area contributed by atoms with E-state index in [-0.39, 0.29) is 11.1 Å². The Morgan fingerprint density at radius 2 is 2.27 bits per heavy atom. The summed E-state index contributed by atoms with van der Waals surface area (Å²) >= 11 is 2.91. The van der Waals surface area contributed by atoms with Crippen molar-refractivity contribution in [2.24, 2.45) is 0 Å². The zero-order valence-corrected chi connectivity index (χ0v) is 16.1. The minimum atomic E-state index is 0.00666. The first-order valence-corrected chi connectivity index (χ1v) is 10.6. The number of rotatable bonds is 10. The number of aromatic nitrogens is 2. The van der Waals surface area contributed by atoms with Crippen molar-refractivity contribution >= 4 is 34.2 Å². The molecule has 0 unspecified atom stereocenters. The topological polar surface area (TPSA) is 88.3 Å². The molecule has 0 saturated carbocycles. The van der Waals surface area contributed by atoms with Crippen LogP contribution in [0.3, 0.4) is 0 Å². The highest BCUT2D eigenvalue weighted by Gasteiger charge is 2.21. The van der Waals surface area contributed by atoms with Gasteiger partial charge >= 0.3 is 0 Å². The first-order valence-electron chi connectivity index (χ1n) is 8.77. The van der Waals surface area contributed by atoms with E-state index in [1.807, 2.05) is 17.5 Å². The molecule has 26 heavy (non-hydrogen) atoms. The summed E-state index contributed by atoms with van der Waals surface area (Å²) in [7, 11) is 0. The second kappa shape index (κ2) is 9.72. The highest BCUT2D eigenvalue weighted by atomic mass is 32.2. The van der Waals surface area contributed by atoms with Gasteiger partial charge in [0.05, 0.1) is 4.88 Å². The van der Waals surface area contributed by atoms with Crippen molar-refractivity contribution in [3.8, 4) is 10.7 Å². The maximum atomic E-state index is 11.8. The molecule has 1 saturated heterocycles. The lowest BCUT2D eigenvalue weighted by Gasteiger charge is -2.13. The van der Waals surface area contributed by atoms with Crippen LogP contribution in [0.25, 0.3) is 10.7 Å². The molecule has 1 aliphatic rings. The number of thiophene rings is 1. The van der Waals surface area contributed by atoms with Crippen LogP contribution in [0.1, 0.15) is 31.6 Å². The molecule has 0 spiro atoms. The average molecular weight is 395 g/mol. The molecule has 7 nitrogen and oxygen atoms in total. The minimum absolute atomic E-state index is 0.00666. The van der Waals surface area contributed by atoms with E-state index < -0.39 is 0 Å². The van der Waals surface area contributed by atoms with E-state index in [2.05, 4.69) is 15.5 Å². The Bertz CT molecular complexity index is 717. The van der Waals surface area contributed by atoms with E-state index in [1.54, 1.807) is 16.2 Å². The molecule has 1 N–H and O–H groups in total. The molecule has 3 heterocycles. The van der Waals surface area contributed by atoms with Gasteiger partial charge in [-0.3, -0.25) is 9.59 Å². The number of hydrogen-bond donors (Lipinski definition) is 1. The van der Waals surface area contributed by atoms with Crippen molar-refractivity contribution in [1.29, 1.82) is 0 Å². The van der Waals surface area contributed by atoms with E-state index in [9.17, 15) is 9.59 Å². The molecule has 140 valence electrons. The largest absolute Gasteiger partial charge is 0.356 e. The van der Waals surface area contributed by atoms with Crippen molar-refractivity contribution in [2.45, 2.75) is 32.1 Å². The van der Waals surface area contributed by atoms with Crippen LogP contribution in [0.5, 0.6) is 0 Å². The lowest BCUT2D eigenvalue weighted by atomic mass is 10.2. The van der Waals surface area contributed by atoms with Gasteiger partial charge in [-0.2, -0.15) is 4.98 Å². The van der Waals surface area contributed by atoms with E-state index in [1.165, 1.54) is 11.8 Å². The monoisotopic (exact) mass is 394 g/mol. The normalized spacial score (nSPS) is 14.2. The van der Waals surface area contributed by atoms with Crippen molar-refractivity contribution in [1.82, 2.24) is 20.4 Å². The summed E-state index contributed by atoms with van der Waals surface area (Å²) in [6.45, 7) is 1.92. The summed E-state index contributed by atoms with van der Waals surface area (Å²) in [5.41, 5.74) is 0. The Balaban J connectivity index is 1.23. The van der Waals surface area contributed by atoms with Gasteiger partial charge in [0.25, 0.3) is 5.24 Å². The molecular formula is C17H22N4O3S2. The predicted octanol–water partition coefficient (Wildman–Crippen LogP) is 3.19. The third-order valence-electron chi connectivity index (χ3n) is 4.05. The SMILES string of the molecule is O=C(CCN1CCSC1=O)NCCCCCc1nc(-c2cccs2)no1. The molecule has 9 heteroatoms. The molecule has 3 rings (SSSR count). The molecule has 2 amide bonds. The molecular weight excluding hydrogens is 372 g/mol. The summed E-state index contributed by atoms with van der Waals surface area (Å²) in [4.78, 5) is 30.4. The Hall–Kier alpha value is -1.87. The molecule has 1 aliphatic heterocycles. The highest BCUT2D eigenvalue weighted by molar-refractivity contribution is 8.13. The fourth-order valence-corrected chi connectivity index (χ4v) is 4.12. The third-order valence-corrected chi connectivity index (χ3v) is 5.81. The van der Waals surface area contributed by atoms with Crippen LogP contribution in [0.2, 0.25) is 0 Å².